The Hall–Kier alpha value is -4.12. The van der Waals surface area contributed by atoms with Gasteiger partial charge in [-0.05, 0) is 18.2 Å². The molecule has 1 saturated heterocycles. The van der Waals surface area contributed by atoms with E-state index in [9.17, 15) is 19.1 Å². The number of H-pyrrole nitrogens is 1. The van der Waals surface area contributed by atoms with E-state index in [0.29, 0.717) is 27.9 Å². The molecule has 1 aromatic carbocycles. The number of benzene rings is 1. The number of hydrogen-bond donors (Lipinski definition) is 3. The zero-order chi connectivity index (χ0) is 25.8. The van der Waals surface area contributed by atoms with Crippen LogP contribution in [0.1, 0.15) is 10.4 Å². The summed E-state index contributed by atoms with van der Waals surface area (Å²) in [6.45, 7) is 1.59. The van der Waals surface area contributed by atoms with Gasteiger partial charge < -0.3 is 24.9 Å². The summed E-state index contributed by atoms with van der Waals surface area (Å²) >= 11 is 1.88. The lowest BCUT2D eigenvalue weighted by atomic mass is 10.0. The van der Waals surface area contributed by atoms with E-state index in [2.05, 4.69) is 25.2 Å². The Bertz CT molecular complexity index is 1790. The van der Waals surface area contributed by atoms with Crippen molar-refractivity contribution in [2.24, 2.45) is 7.05 Å². The number of carbonyl (C=O) groups is 1. The van der Waals surface area contributed by atoms with Crippen LogP contribution in [0.15, 0.2) is 41.6 Å². The van der Waals surface area contributed by atoms with Crippen LogP contribution in [-0.2, 0) is 7.05 Å². The molecule has 0 spiro atoms. The molecule has 1 aliphatic rings. The van der Waals surface area contributed by atoms with E-state index in [1.165, 1.54) is 22.9 Å². The first-order valence-electron chi connectivity index (χ1n) is 11.7. The van der Waals surface area contributed by atoms with Crippen molar-refractivity contribution >= 4 is 62.1 Å². The maximum Gasteiger partial charge on any atom is 0.341 e. The van der Waals surface area contributed by atoms with Gasteiger partial charge in [-0.25, -0.2) is 19.2 Å². The second-order valence-electron chi connectivity index (χ2n) is 8.98. The number of aromatic nitrogens is 4. The number of aryl methyl sites for hydroxylation is 1. The predicted molar refractivity (Wildman–Crippen MR) is 146 cm³/mol. The lowest BCUT2D eigenvalue weighted by molar-refractivity contribution is 0.0695. The molecule has 0 aliphatic carbocycles. The Labute approximate surface area is 214 Å². The third-order valence-corrected chi connectivity index (χ3v) is 7.76. The molecule has 1 aliphatic heterocycles. The number of rotatable bonds is 4. The maximum atomic E-state index is 14.7. The van der Waals surface area contributed by atoms with Crippen LogP contribution in [0.5, 0.6) is 0 Å². The minimum absolute atomic E-state index is 0.211. The molecule has 3 N–H and O–H groups in total. The number of thioether (sulfide) groups is 1. The normalized spacial score (nSPS) is 14.1. The first kappa shape index (κ1) is 23.3. The Kier molecular flexibility index (Phi) is 5.52. The van der Waals surface area contributed by atoms with Crippen molar-refractivity contribution in [1.82, 2.24) is 19.5 Å². The van der Waals surface area contributed by atoms with Crippen LogP contribution in [-0.4, -0.2) is 62.2 Å². The van der Waals surface area contributed by atoms with Gasteiger partial charge in [-0.15, -0.1) is 0 Å². The number of nitrogens with zero attached hydrogens (tertiary/aromatic N) is 4. The van der Waals surface area contributed by atoms with Crippen molar-refractivity contribution in [2.45, 2.75) is 0 Å². The zero-order valence-electron chi connectivity index (χ0n) is 20.1. The van der Waals surface area contributed by atoms with Crippen LogP contribution in [0.4, 0.5) is 15.8 Å². The Morgan fingerprint density at radius 1 is 1.16 bits per heavy atom. The van der Waals surface area contributed by atoms with Crippen LogP contribution in [0, 0.1) is 5.82 Å². The van der Waals surface area contributed by atoms with Gasteiger partial charge in [0.1, 0.15) is 22.7 Å². The Balaban J connectivity index is 1.69. The number of aromatic carboxylic acids is 1. The molecule has 5 aromatic rings. The molecule has 1 fully saturated rings. The summed E-state index contributed by atoms with van der Waals surface area (Å²) in [5.74, 6) is 0.240. The van der Waals surface area contributed by atoms with E-state index in [-0.39, 0.29) is 16.8 Å². The Morgan fingerprint density at radius 3 is 2.68 bits per heavy atom. The molecule has 0 atom stereocenters. The van der Waals surface area contributed by atoms with Crippen molar-refractivity contribution in [3.05, 3.63) is 58.4 Å². The number of pyridine rings is 3. The van der Waals surface area contributed by atoms with Crippen molar-refractivity contribution < 1.29 is 14.3 Å². The standard InChI is InChI=1S/C26H23FN6O3S/c1-28-19-9-14(27)8-15-20-22(33-3-5-37-6-4-33)17(11-29-24(20)31-21(15)19)13-7-16-23(34)18(26(35)36)12-32(2)25(16)30-10-13/h7-12,28H,3-6H2,1-2H3,(H,29,31)(H,35,36). The van der Waals surface area contributed by atoms with Crippen LogP contribution in [0.2, 0.25) is 0 Å². The van der Waals surface area contributed by atoms with Gasteiger partial charge in [0.15, 0.2) is 0 Å². The fraction of sp³-hybridized carbons (Fsp3) is 0.231. The molecule has 37 heavy (non-hydrogen) atoms. The number of nitrogens with one attached hydrogen (secondary N) is 2. The molecule has 5 heterocycles. The summed E-state index contributed by atoms with van der Waals surface area (Å²) in [4.78, 5) is 39.5. The molecule has 6 rings (SSSR count). The van der Waals surface area contributed by atoms with Crippen LogP contribution in [0.3, 0.4) is 0 Å². The zero-order valence-corrected chi connectivity index (χ0v) is 20.9. The van der Waals surface area contributed by atoms with Gasteiger partial charge >= 0.3 is 5.97 Å². The highest BCUT2D eigenvalue weighted by Gasteiger charge is 2.24. The SMILES string of the molecule is CNc1cc(F)cc2c1[nH]c1ncc(-c3cnc4c(c3)c(=O)c(C(=O)O)cn4C)c(N3CCSCC3)c12. The van der Waals surface area contributed by atoms with Crippen molar-refractivity contribution in [3.63, 3.8) is 0 Å². The van der Waals surface area contributed by atoms with Gasteiger partial charge in [-0.1, -0.05) is 0 Å². The molecule has 0 radical (unpaired) electrons. The van der Waals surface area contributed by atoms with E-state index >= 15 is 0 Å². The van der Waals surface area contributed by atoms with E-state index in [0.717, 1.165) is 46.7 Å². The summed E-state index contributed by atoms with van der Waals surface area (Å²) < 4.78 is 16.2. The number of hydrogen-bond acceptors (Lipinski definition) is 7. The third-order valence-electron chi connectivity index (χ3n) is 6.82. The molecule has 4 aromatic heterocycles. The second-order valence-corrected chi connectivity index (χ2v) is 10.2. The molecule has 9 nitrogen and oxygen atoms in total. The molecular formula is C26H23FN6O3S. The minimum Gasteiger partial charge on any atom is -0.477 e. The number of anilines is 2. The molecule has 0 saturated carbocycles. The maximum absolute atomic E-state index is 14.7. The molecule has 0 unspecified atom stereocenters. The minimum atomic E-state index is -1.29. The van der Waals surface area contributed by atoms with Crippen LogP contribution < -0.4 is 15.6 Å². The molecule has 0 amide bonds. The van der Waals surface area contributed by atoms with Crippen LogP contribution in [0.25, 0.3) is 44.1 Å². The molecule has 188 valence electrons. The van der Waals surface area contributed by atoms with E-state index in [1.54, 1.807) is 32.6 Å². The average Bonchev–Trinajstić information content (AvgIpc) is 3.28. The van der Waals surface area contributed by atoms with Gasteiger partial charge in [0, 0.05) is 73.8 Å². The van der Waals surface area contributed by atoms with Gasteiger partial charge in [-0.3, -0.25) is 4.79 Å². The van der Waals surface area contributed by atoms with Gasteiger partial charge in [0.05, 0.1) is 27.7 Å². The number of fused-ring (bicyclic) bond motifs is 4. The number of halogens is 1. The quantitative estimate of drug-likeness (QED) is 0.326. The lowest BCUT2D eigenvalue weighted by Gasteiger charge is -2.31. The topological polar surface area (TPSA) is 116 Å². The lowest BCUT2D eigenvalue weighted by Crippen LogP contribution is -2.33. The summed E-state index contributed by atoms with van der Waals surface area (Å²) in [5.41, 5.74) is 3.76. The molecule has 0 bridgehead atoms. The highest BCUT2D eigenvalue weighted by atomic mass is 32.2. The van der Waals surface area contributed by atoms with Gasteiger partial charge in [0.25, 0.3) is 0 Å². The van der Waals surface area contributed by atoms with E-state index < -0.39 is 11.4 Å². The van der Waals surface area contributed by atoms with E-state index in [1.807, 2.05) is 11.8 Å². The Morgan fingerprint density at radius 2 is 1.95 bits per heavy atom. The number of carboxylic acids is 1. The molecule has 11 heteroatoms. The highest BCUT2D eigenvalue weighted by molar-refractivity contribution is 7.99. The number of carboxylic acid groups (broad SMARTS) is 1. The largest absolute Gasteiger partial charge is 0.477 e. The summed E-state index contributed by atoms with van der Waals surface area (Å²) in [6.07, 6.45) is 4.68. The summed E-state index contributed by atoms with van der Waals surface area (Å²) in [6, 6.07) is 4.63. The van der Waals surface area contributed by atoms with Crippen molar-refractivity contribution in [1.29, 1.82) is 0 Å². The highest BCUT2D eigenvalue weighted by Crippen LogP contribution is 2.42. The first-order chi connectivity index (χ1) is 17.9. The molecular weight excluding hydrogens is 495 g/mol. The number of aromatic amines is 1. The van der Waals surface area contributed by atoms with Gasteiger partial charge in [-0.2, -0.15) is 11.8 Å². The van der Waals surface area contributed by atoms with E-state index in [4.69, 9.17) is 0 Å². The summed E-state index contributed by atoms with van der Waals surface area (Å²) in [7, 11) is 3.40. The predicted octanol–water partition coefficient (Wildman–Crippen LogP) is 4.06. The second kappa shape index (κ2) is 8.77. The first-order valence-corrected chi connectivity index (χ1v) is 12.9. The van der Waals surface area contributed by atoms with Crippen molar-refractivity contribution in [2.75, 3.05) is 41.9 Å². The smallest absolute Gasteiger partial charge is 0.341 e. The third kappa shape index (κ3) is 3.69. The monoisotopic (exact) mass is 518 g/mol. The average molecular weight is 519 g/mol. The van der Waals surface area contributed by atoms with Crippen LogP contribution >= 0.6 is 11.8 Å². The van der Waals surface area contributed by atoms with Crippen molar-refractivity contribution in [3.8, 4) is 11.1 Å². The fourth-order valence-corrected chi connectivity index (χ4v) is 6.00. The van der Waals surface area contributed by atoms with Gasteiger partial charge in [0.2, 0.25) is 5.43 Å². The fourth-order valence-electron chi connectivity index (χ4n) is 5.10. The summed E-state index contributed by atoms with van der Waals surface area (Å²) in [5, 5.41) is 14.3.